The number of nitrogens with one attached hydrogen (secondary N) is 1. The number of hydrogen-bond donors (Lipinski definition) is 1. The number of amides is 1. The largest absolute Gasteiger partial charge is 0.349 e. The Morgan fingerprint density at radius 2 is 2.02 bits per heavy atom. The number of halogens is 3. The van der Waals surface area contributed by atoms with Gasteiger partial charge in [0.05, 0.1) is 45.0 Å². The lowest BCUT2D eigenvalue weighted by molar-refractivity contribution is -0.117. The minimum absolute atomic E-state index is 0.00971. The Hall–Kier alpha value is -3.93. The highest BCUT2D eigenvalue weighted by atomic mass is 32.2. The summed E-state index contributed by atoms with van der Waals surface area (Å²) < 4.78 is 44.7. The van der Waals surface area contributed by atoms with Crippen LogP contribution in [0, 0.1) is 5.82 Å². The van der Waals surface area contributed by atoms with E-state index in [0.29, 0.717) is 40.9 Å². The second-order valence-electron chi connectivity index (χ2n) is 9.17. The van der Waals surface area contributed by atoms with Crippen molar-refractivity contribution >= 4 is 28.7 Å². The van der Waals surface area contributed by atoms with Crippen molar-refractivity contribution in [2.75, 3.05) is 0 Å². The van der Waals surface area contributed by atoms with E-state index in [9.17, 15) is 18.0 Å². The molecule has 216 valence electrons. The van der Waals surface area contributed by atoms with Gasteiger partial charge in [0.25, 0.3) is 12.3 Å². The summed E-state index contributed by atoms with van der Waals surface area (Å²) in [6.07, 6.45) is 6.37. The van der Waals surface area contributed by atoms with Gasteiger partial charge in [-0.15, -0.1) is 5.10 Å². The van der Waals surface area contributed by atoms with Crippen LogP contribution in [0.2, 0.25) is 0 Å². The summed E-state index contributed by atoms with van der Waals surface area (Å²) >= 11 is 0.679. The Balaban J connectivity index is 0.00000189. The highest BCUT2D eigenvalue weighted by molar-refractivity contribution is 8.07. The van der Waals surface area contributed by atoms with Crippen molar-refractivity contribution in [3.05, 3.63) is 77.2 Å². The zero-order valence-corrected chi connectivity index (χ0v) is 23.9. The van der Waals surface area contributed by atoms with E-state index >= 15 is 0 Å². The summed E-state index contributed by atoms with van der Waals surface area (Å²) in [6, 6.07) is 7.90. The maximum atomic E-state index is 15.0. The Morgan fingerprint density at radius 1 is 1.24 bits per heavy atom. The lowest BCUT2D eigenvalue weighted by Crippen LogP contribution is -2.39. The second kappa shape index (κ2) is 13.6. The number of imidazole rings is 1. The third-order valence-electron chi connectivity index (χ3n) is 6.67. The van der Waals surface area contributed by atoms with Crippen LogP contribution in [0.3, 0.4) is 0 Å². The summed E-state index contributed by atoms with van der Waals surface area (Å²) in [5.41, 5.74) is 1.71. The van der Waals surface area contributed by atoms with Gasteiger partial charge in [0.1, 0.15) is 11.6 Å². The van der Waals surface area contributed by atoms with Gasteiger partial charge in [-0.2, -0.15) is 0 Å². The molecule has 5 rings (SSSR count). The monoisotopic (exact) mass is 583 g/mol. The number of nitrogens with zero attached hydrogens (tertiary/aromatic N) is 6. The van der Waals surface area contributed by atoms with Gasteiger partial charge in [0, 0.05) is 18.2 Å². The minimum Gasteiger partial charge on any atom is -0.349 e. The summed E-state index contributed by atoms with van der Waals surface area (Å²) in [5.74, 6) is 0.118. The third kappa shape index (κ3) is 6.70. The molecule has 1 aliphatic carbocycles. The molecule has 0 aliphatic heterocycles. The Bertz CT molecular complexity index is 1530. The van der Waals surface area contributed by atoms with Crippen LogP contribution in [-0.4, -0.2) is 47.9 Å². The van der Waals surface area contributed by atoms with Crippen LogP contribution >= 0.6 is 11.8 Å². The van der Waals surface area contributed by atoms with Gasteiger partial charge < -0.3 is 9.88 Å². The number of carbonyl (C=O) groups is 1. The van der Waals surface area contributed by atoms with Crippen molar-refractivity contribution in [1.82, 2.24) is 34.8 Å². The van der Waals surface area contributed by atoms with Gasteiger partial charge >= 0.3 is 0 Å². The first-order valence-electron chi connectivity index (χ1n) is 13.5. The van der Waals surface area contributed by atoms with Crippen molar-refractivity contribution in [2.24, 2.45) is 0 Å². The lowest BCUT2D eigenvalue weighted by atomic mass is 9.90. The molecule has 0 spiro atoms. The van der Waals surface area contributed by atoms with E-state index in [-0.39, 0.29) is 21.9 Å². The maximum absolute atomic E-state index is 15.0. The standard InChI is InChI=1S/C27H26F3N7OS.C2H6/c1-3-23(25(29)30)39-16(2)27(38)33-17-7-6-8-18(13-17)37-22-15-31-24(36-12-11-32-35-36)14-21(22)34-26(37)19-9-4-5-10-20(19)28;1-2/h3-5,9-12,14-15,17-18,25H,2,6-8,13H2,1H3,(H,33,38);1-2H3/b23-3-;. The van der Waals surface area contributed by atoms with E-state index < -0.39 is 18.1 Å². The molecule has 2 atom stereocenters. The summed E-state index contributed by atoms with van der Waals surface area (Å²) in [4.78, 5) is 21.9. The quantitative estimate of drug-likeness (QED) is 0.228. The average molecular weight is 584 g/mol. The first-order valence-corrected chi connectivity index (χ1v) is 14.3. The van der Waals surface area contributed by atoms with Crippen LogP contribution < -0.4 is 5.32 Å². The SMILES string of the molecule is C=C(S/C(=C\C)C(F)F)C(=O)NC1CCCC(n2c(-c3ccccc3F)nc3cc(-n4ccnn4)ncc32)C1.CC. The van der Waals surface area contributed by atoms with Crippen LogP contribution in [0.1, 0.15) is 52.5 Å². The first-order chi connectivity index (χ1) is 19.9. The van der Waals surface area contributed by atoms with E-state index in [1.807, 2.05) is 18.4 Å². The number of pyridine rings is 1. The molecular weight excluding hydrogens is 551 g/mol. The highest BCUT2D eigenvalue weighted by Gasteiger charge is 2.30. The molecule has 4 aromatic rings. The summed E-state index contributed by atoms with van der Waals surface area (Å²) in [6.45, 7) is 9.19. The number of hydrogen-bond acceptors (Lipinski definition) is 6. The molecule has 12 heteroatoms. The molecule has 2 unspecified atom stereocenters. The topological polar surface area (TPSA) is 90.5 Å². The van der Waals surface area contributed by atoms with Crippen molar-refractivity contribution in [2.45, 2.75) is 65.0 Å². The van der Waals surface area contributed by atoms with Gasteiger partial charge in [0.2, 0.25) is 0 Å². The van der Waals surface area contributed by atoms with E-state index in [1.54, 1.807) is 42.9 Å². The number of allylic oxidation sites excluding steroid dienone is 2. The number of aromatic nitrogens is 6. The predicted molar refractivity (Wildman–Crippen MR) is 155 cm³/mol. The van der Waals surface area contributed by atoms with E-state index in [4.69, 9.17) is 4.98 Å². The molecule has 1 amide bonds. The fourth-order valence-corrected chi connectivity index (χ4v) is 5.50. The molecule has 1 N–H and O–H groups in total. The van der Waals surface area contributed by atoms with Crippen LogP contribution in [0.4, 0.5) is 13.2 Å². The molecule has 3 aromatic heterocycles. The van der Waals surface area contributed by atoms with E-state index in [2.05, 4.69) is 27.2 Å². The lowest BCUT2D eigenvalue weighted by Gasteiger charge is -2.32. The minimum atomic E-state index is -2.67. The van der Waals surface area contributed by atoms with Gasteiger partial charge in [-0.05, 0) is 44.7 Å². The molecule has 8 nitrogen and oxygen atoms in total. The normalized spacial score (nSPS) is 17.3. The molecule has 1 saturated carbocycles. The maximum Gasteiger partial charge on any atom is 0.269 e. The van der Waals surface area contributed by atoms with Gasteiger partial charge in [-0.3, -0.25) is 4.79 Å². The molecule has 1 fully saturated rings. The van der Waals surface area contributed by atoms with Crippen molar-refractivity contribution in [3.8, 4) is 17.2 Å². The third-order valence-corrected chi connectivity index (χ3v) is 7.76. The predicted octanol–water partition coefficient (Wildman–Crippen LogP) is 6.86. The Morgan fingerprint density at radius 3 is 2.71 bits per heavy atom. The zero-order chi connectivity index (χ0) is 29.5. The number of thioether (sulfide) groups is 1. The Kier molecular flexibility index (Phi) is 9.98. The number of carbonyl (C=O) groups excluding carboxylic acids is 1. The van der Waals surface area contributed by atoms with Gasteiger partial charge in [-0.1, -0.05) is 55.6 Å². The molecule has 1 aliphatic rings. The summed E-state index contributed by atoms with van der Waals surface area (Å²) in [5, 5.41) is 10.8. The second-order valence-corrected chi connectivity index (χ2v) is 10.3. The molecular formula is C29H32F3N7OS. The molecule has 0 radical (unpaired) electrons. The number of alkyl halides is 2. The molecule has 41 heavy (non-hydrogen) atoms. The van der Waals surface area contributed by atoms with Crippen LogP contribution in [0.5, 0.6) is 0 Å². The van der Waals surface area contributed by atoms with Crippen LogP contribution in [-0.2, 0) is 4.79 Å². The molecule has 3 heterocycles. The smallest absolute Gasteiger partial charge is 0.269 e. The van der Waals surface area contributed by atoms with Gasteiger partial charge in [0.15, 0.2) is 5.82 Å². The highest BCUT2D eigenvalue weighted by Crippen LogP contribution is 2.37. The fraction of sp³-hybridized carbons (Fsp3) is 0.345. The zero-order valence-electron chi connectivity index (χ0n) is 23.1. The van der Waals surface area contributed by atoms with Crippen molar-refractivity contribution in [3.63, 3.8) is 0 Å². The van der Waals surface area contributed by atoms with E-state index in [0.717, 1.165) is 24.8 Å². The van der Waals surface area contributed by atoms with Crippen LogP contribution in [0.25, 0.3) is 28.2 Å². The number of benzene rings is 1. The van der Waals surface area contributed by atoms with Crippen molar-refractivity contribution < 1.29 is 18.0 Å². The molecule has 0 bridgehead atoms. The van der Waals surface area contributed by atoms with Crippen LogP contribution in [0.15, 0.2) is 71.4 Å². The fourth-order valence-electron chi connectivity index (χ4n) is 4.86. The summed E-state index contributed by atoms with van der Waals surface area (Å²) in [7, 11) is 0. The molecule has 1 aromatic carbocycles. The molecule has 0 saturated heterocycles. The van der Waals surface area contributed by atoms with E-state index in [1.165, 1.54) is 23.7 Å². The van der Waals surface area contributed by atoms with Crippen molar-refractivity contribution in [1.29, 1.82) is 0 Å². The first kappa shape index (κ1) is 30.0. The van der Waals surface area contributed by atoms with Gasteiger partial charge in [-0.25, -0.2) is 27.8 Å². The number of rotatable bonds is 8. The number of fused-ring (bicyclic) bond motifs is 1. The Labute approximate surface area is 240 Å². The average Bonchev–Trinajstić information content (AvgIpc) is 3.65.